The van der Waals surface area contributed by atoms with Gasteiger partial charge in [0.05, 0.1) is 10.9 Å². The van der Waals surface area contributed by atoms with Crippen molar-refractivity contribution >= 4 is 28.9 Å². The molecule has 2 rings (SSSR count). The van der Waals surface area contributed by atoms with Crippen LogP contribution >= 0.6 is 12.2 Å². The monoisotopic (exact) mass is 262 g/mol. The number of allylic oxidation sites excluding steroid dienone is 1. The fraction of sp³-hybridized carbons (Fsp3) is 0.583. The Morgan fingerprint density at radius 3 is 2.67 bits per heavy atom. The lowest BCUT2D eigenvalue weighted by Gasteiger charge is -2.45. The van der Waals surface area contributed by atoms with Gasteiger partial charge >= 0.3 is 0 Å². The molecule has 94 valence electrons. The lowest BCUT2D eigenvalue weighted by Crippen LogP contribution is -2.57. The molecular weight excluding hydrogens is 248 g/mol. The molecule has 6 heteroatoms. The molecule has 0 aliphatic carbocycles. The van der Waals surface area contributed by atoms with E-state index >= 15 is 0 Å². The summed E-state index contributed by atoms with van der Waals surface area (Å²) >= 11 is 5.39. The van der Waals surface area contributed by atoms with Gasteiger partial charge in [-0.25, -0.2) is 0 Å². The number of nitrogens with one attached hydrogen (secondary N) is 2. The molecule has 0 aromatic rings. The summed E-state index contributed by atoms with van der Waals surface area (Å²) in [7, 11) is 2.01. The second-order valence-electron chi connectivity index (χ2n) is 4.84. The fourth-order valence-corrected chi connectivity index (χ4v) is 3.11. The zero-order chi connectivity index (χ0) is 13.3. The van der Waals surface area contributed by atoms with Gasteiger partial charge in [-0.2, -0.15) is 5.26 Å². The Kier molecular flexibility index (Phi) is 3.31. The van der Waals surface area contributed by atoms with Gasteiger partial charge in [0.25, 0.3) is 0 Å². The Hall–Kier alpha value is -1.54. The van der Waals surface area contributed by atoms with Gasteiger partial charge in [0.1, 0.15) is 11.6 Å². The van der Waals surface area contributed by atoms with Crippen LogP contribution in [-0.4, -0.2) is 41.7 Å². The van der Waals surface area contributed by atoms with Crippen LogP contribution in [0.4, 0.5) is 0 Å². The van der Waals surface area contributed by atoms with Crippen LogP contribution in [0, 0.1) is 28.1 Å². The molecule has 0 saturated carbocycles. The highest BCUT2D eigenvalue weighted by atomic mass is 32.1. The number of carbonyl (C=O) groups excluding carboxylic acids is 1. The second kappa shape index (κ2) is 4.62. The van der Waals surface area contributed by atoms with Crippen molar-refractivity contribution in [2.24, 2.45) is 11.3 Å². The average molecular weight is 262 g/mol. The highest BCUT2D eigenvalue weighted by Crippen LogP contribution is 2.44. The van der Waals surface area contributed by atoms with Crippen LogP contribution in [0.15, 0.2) is 5.70 Å². The molecule has 2 fully saturated rings. The SMILES string of the molecule is CN1CCC2(CC1)C(=S)C(=C=N)NC(=O)C2C#N. The topological polar surface area (TPSA) is 80.0 Å². The first-order chi connectivity index (χ1) is 8.55. The predicted octanol–water partition coefficient (Wildman–Crippen LogP) is 0.470. The molecular formula is C12H14N4OS. The molecule has 5 nitrogen and oxygen atoms in total. The van der Waals surface area contributed by atoms with Crippen molar-refractivity contribution < 1.29 is 4.79 Å². The molecule has 1 amide bonds. The maximum atomic E-state index is 11.9. The lowest BCUT2D eigenvalue weighted by atomic mass is 9.64. The maximum Gasteiger partial charge on any atom is 0.243 e. The van der Waals surface area contributed by atoms with Crippen molar-refractivity contribution in [1.29, 1.82) is 10.7 Å². The number of hydrogen-bond acceptors (Lipinski definition) is 5. The molecule has 2 aliphatic heterocycles. The van der Waals surface area contributed by atoms with E-state index in [1.807, 2.05) is 7.05 Å². The van der Waals surface area contributed by atoms with E-state index in [2.05, 4.69) is 22.2 Å². The summed E-state index contributed by atoms with van der Waals surface area (Å²) in [6.45, 7) is 1.60. The van der Waals surface area contributed by atoms with E-state index in [1.165, 1.54) is 0 Å². The van der Waals surface area contributed by atoms with E-state index in [-0.39, 0.29) is 11.6 Å². The van der Waals surface area contributed by atoms with E-state index in [4.69, 9.17) is 17.6 Å². The van der Waals surface area contributed by atoms with Gasteiger partial charge in [-0.3, -0.25) is 10.2 Å². The Morgan fingerprint density at radius 2 is 2.17 bits per heavy atom. The first-order valence-corrected chi connectivity index (χ1v) is 6.19. The summed E-state index contributed by atoms with van der Waals surface area (Å²) in [5.74, 6) is 1.07. The van der Waals surface area contributed by atoms with E-state index in [1.54, 1.807) is 0 Å². The third kappa shape index (κ3) is 1.77. The molecule has 2 heterocycles. The van der Waals surface area contributed by atoms with Gasteiger partial charge in [-0.15, -0.1) is 0 Å². The molecule has 1 atom stereocenters. The standard InChI is InChI=1S/C12H14N4OS/c1-16-4-2-12(3-5-16)8(6-13)11(17)15-9(7-14)10(12)18/h8,14H,2-5H2,1H3,(H,15,17). The van der Waals surface area contributed by atoms with Crippen molar-refractivity contribution in [2.45, 2.75) is 12.8 Å². The van der Waals surface area contributed by atoms with E-state index in [9.17, 15) is 10.1 Å². The third-order valence-electron chi connectivity index (χ3n) is 3.88. The van der Waals surface area contributed by atoms with Gasteiger partial charge < -0.3 is 10.2 Å². The molecule has 18 heavy (non-hydrogen) atoms. The molecule has 1 unspecified atom stereocenters. The molecule has 0 aromatic heterocycles. The van der Waals surface area contributed by atoms with Crippen LogP contribution in [0.25, 0.3) is 0 Å². The molecule has 2 aliphatic rings. The normalized spacial score (nSPS) is 27.6. The maximum absolute atomic E-state index is 11.9. The molecule has 0 radical (unpaired) electrons. The average Bonchev–Trinajstić information content (AvgIpc) is 2.37. The minimum atomic E-state index is -0.754. The smallest absolute Gasteiger partial charge is 0.243 e. The van der Waals surface area contributed by atoms with Crippen molar-refractivity contribution in [1.82, 2.24) is 10.2 Å². The number of amides is 1. The summed E-state index contributed by atoms with van der Waals surface area (Å²) in [6, 6.07) is 2.08. The van der Waals surface area contributed by atoms with Crippen LogP contribution in [0.3, 0.4) is 0 Å². The first-order valence-electron chi connectivity index (χ1n) is 5.78. The van der Waals surface area contributed by atoms with Gasteiger partial charge in [0.2, 0.25) is 5.91 Å². The number of likely N-dealkylation sites (tertiary alicyclic amines) is 1. The number of piperidine rings is 2. The second-order valence-corrected chi connectivity index (χ2v) is 5.25. The predicted molar refractivity (Wildman–Crippen MR) is 70.2 cm³/mol. The zero-order valence-corrected chi connectivity index (χ0v) is 10.9. The highest BCUT2D eigenvalue weighted by Gasteiger charge is 2.52. The molecule has 1 spiro atoms. The summed E-state index contributed by atoms with van der Waals surface area (Å²) in [4.78, 5) is 14.6. The highest BCUT2D eigenvalue weighted by molar-refractivity contribution is 7.81. The number of nitriles is 1. The van der Waals surface area contributed by atoms with Gasteiger partial charge in [0, 0.05) is 11.3 Å². The quantitative estimate of drug-likeness (QED) is 0.378. The van der Waals surface area contributed by atoms with Crippen LogP contribution in [0.1, 0.15) is 12.8 Å². The van der Waals surface area contributed by atoms with Crippen LogP contribution < -0.4 is 5.32 Å². The summed E-state index contributed by atoms with van der Waals surface area (Å²) in [6.07, 6.45) is 1.36. The number of rotatable bonds is 0. The first kappa shape index (κ1) is 12.9. The Balaban J connectivity index is 2.45. The molecule has 2 N–H and O–H groups in total. The van der Waals surface area contributed by atoms with E-state index in [0.29, 0.717) is 17.7 Å². The summed E-state index contributed by atoms with van der Waals surface area (Å²) in [5, 5.41) is 19.0. The van der Waals surface area contributed by atoms with E-state index < -0.39 is 11.3 Å². The largest absolute Gasteiger partial charge is 0.316 e. The minimum absolute atomic E-state index is 0.256. The van der Waals surface area contributed by atoms with Crippen molar-refractivity contribution in [2.75, 3.05) is 20.1 Å². The van der Waals surface area contributed by atoms with Crippen LogP contribution in [0.2, 0.25) is 0 Å². The summed E-state index contributed by atoms with van der Waals surface area (Å²) in [5.41, 5.74) is -0.339. The van der Waals surface area contributed by atoms with E-state index in [0.717, 1.165) is 13.1 Å². The number of nitrogens with zero attached hydrogens (tertiary/aromatic N) is 2. The van der Waals surface area contributed by atoms with Crippen LogP contribution in [0.5, 0.6) is 0 Å². The van der Waals surface area contributed by atoms with Gasteiger partial charge in [0.15, 0.2) is 0 Å². The number of thiocarbonyl (C=S) groups is 1. The zero-order valence-electron chi connectivity index (χ0n) is 10.1. The Morgan fingerprint density at radius 1 is 1.56 bits per heavy atom. The molecule has 0 bridgehead atoms. The number of hydrogen-bond donors (Lipinski definition) is 2. The minimum Gasteiger partial charge on any atom is -0.316 e. The molecule has 2 saturated heterocycles. The molecule has 0 aromatic carbocycles. The summed E-state index contributed by atoms with van der Waals surface area (Å²) < 4.78 is 0. The fourth-order valence-electron chi connectivity index (χ4n) is 2.69. The lowest BCUT2D eigenvalue weighted by molar-refractivity contribution is -0.126. The van der Waals surface area contributed by atoms with Crippen molar-refractivity contribution in [3.05, 3.63) is 5.70 Å². The van der Waals surface area contributed by atoms with Gasteiger partial charge in [-0.1, -0.05) is 12.2 Å². The Labute approximate surface area is 111 Å². The van der Waals surface area contributed by atoms with Gasteiger partial charge in [-0.05, 0) is 33.0 Å². The number of carbonyl (C=O) groups is 1. The van der Waals surface area contributed by atoms with Crippen molar-refractivity contribution in [3.63, 3.8) is 0 Å². The third-order valence-corrected chi connectivity index (χ3v) is 4.49. The van der Waals surface area contributed by atoms with Crippen molar-refractivity contribution in [3.8, 4) is 6.07 Å². The Bertz CT molecular complexity index is 493. The van der Waals surface area contributed by atoms with Crippen LogP contribution in [-0.2, 0) is 4.79 Å².